The predicted molar refractivity (Wildman–Crippen MR) is 91.1 cm³/mol. The monoisotopic (exact) mass is 307 g/mol. The summed E-state index contributed by atoms with van der Waals surface area (Å²) in [5, 5.41) is 1.09. The zero-order valence-electron chi connectivity index (χ0n) is 12.8. The van der Waals surface area contributed by atoms with Crippen LogP contribution in [0.15, 0.2) is 59.1 Å². The topological polar surface area (TPSA) is 54.3 Å². The molecule has 2 aromatic heterocycles. The lowest BCUT2D eigenvalue weighted by Crippen LogP contribution is -2.24. The van der Waals surface area contributed by atoms with Crippen LogP contribution in [0.3, 0.4) is 0 Å². The average Bonchev–Trinajstić information content (AvgIpc) is 3.21. The van der Waals surface area contributed by atoms with E-state index in [1.54, 1.807) is 0 Å². The van der Waals surface area contributed by atoms with Crippen LogP contribution in [-0.4, -0.2) is 30.2 Å². The van der Waals surface area contributed by atoms with Crippen LogP contribution in [-0.2, 0) is 0 Å². The van der Waals surface area contributed by atoms with Crippen LogP contribution >= 0.6 is 0 Å². The third-order valence-electron chi connectivity index (χ3n) is 3.85. The standard InChI is InChI=1S/C18H17N3O2/c1-21(18-20-15-5-2-3-7-17(15)23-18)11-12-22-16-8-4-6-14-13(16)9-10-19-14/h2-10,19H,11-12H2,1H3. The Hall–Kier alpha value is -2.95. The fourth-order valence-electron chi connectivity index (χ4n) is 2.59. The van der Waals surface area contributed by atoms with Crippen molar-refractivity contribution in [3.8, 4) is 5.75 Å². The van der Waals surface area contributed by atoms with Crippen molar-refractivity contribution in [2.45, 2.75) is 0 Å². The summed E-state index contributed by atoms with van der Waals surface area (Å²) < 4.78 is 11.7. The summed E-state index contributed by atoms with van der Waals surface area (Å²) in [5.74, 6) is 0.884. The number of H-pyrrole nitrogens is 1. The number of anilines is 1. The van der Waals surface area contributed by atoms with Gasteiger partial charge in [0.1, 0.15) is 17.9 Å². The highest BCUT2D eigenvalue weighted by Gasteiger charge is 2.10. The summed E-state index contributed by atoms with van der Waals surface area (Å²) in [5.41, 5.74) is 2.74. The maximum absolute atomic E-state index is 5.91. The number of ether oxygens (including phenoxy) is 1. The first-order valence-corrected chi connectivity index (χ1v) is 7.57. The first-order chi connectivity index (χ1) is 11.3. The van der Waals surface area contributed by atoms with Gasteiger partial charge in [-0.05, 0) is 30.3 Å². The molecular formula is C18H17N3O2. The number of rotatable bonds is 5. The van der Waals surface area contributed by atoms with Crippen LogP contribution in [0.2, 0.25) is 0 Å². The molecule has 0 aliphatic rings. The molecular weight excluding hydrogens is 290 g/mol. The minimum atomic E-state index is 0.555. The molecule has 4 aromatic rings. The van der Waals surface area contributed by atoms with Gasteiger partial charge in [0.25, 0.3) is 6.01 Å². The number of aromatic amines is 1. The van der Waals surface area contributed by atoms with E-state index >= 15 is 0 Å². The molecule has 0 spiro atoms. The molecule has 0 amide bonds. The molecule has 0 bridgehead atoms. The number of oxazole rings is 1. The summed E-state index contributed by atoms with van der Waals surface area (Å²) >= 11 is 0. The molecule has 0 saturated heterocycles. The fraction of sp³-hybridized carbons (Fsp3) is 0.167. The summed E-state index contributed by atoms with van der Waals surface area (Å²) in [6.07, 6.45) is 1.92. The van der Waals surface area contributed by atoms with E-state index in [1.807, 2.05) is 66.7 Å². The lowest BCUT2D eigenvalue weighted by atomic mass is 10.2. The smallest absolute Gasteiger partial charge is 0.298 e. The van der Waals surface area contributed by atoms with Gasteiger partial charge in [0.05, 0.1) is 6.54 Å². The van der Waals surface area contributed by atoms with Crippen LogP contribution in [0.4, 0.5) is 6.01 Å². The normalized spacial score (nSPS) is 11.2. The van der Waals surface area contributed by atoms with Gasteiger partial charge in [-0.2, -0.15) is 4.98 Å². The van der Waals surface area contributed by atoms with Crippen LogP contribution in [0.1, 0.15) is 0 Å². The van der Waals surface area contributed by atoms with Crippen molar-refractivity contribution in [2.75, 3.05) is 25.1 Å². The van der Waals surface area contributed by atoms with Gasteiger partial charge in [0, 0.05) is 24.1 Å². The van der Waals surface area contributed by atoms with Crippen LogP contribution in [0, 0.1) is 0 Å². The van der Waals surface area contributed by atoms with Crippen molar-refractivity contribution in [3.63, 3.8) is 0 Å². The van der Waals surface area contributed by atoms with E-state index in [2.05, 4.69) is 9.97 Å². The molecule has 0 aliphatic heterocycles. The Labute approximate surface area is 133 Å². The maximum atomic E-state index is 5.91. The molecule has 0 fully saturated rings. The highest BCUT2D eigenvalue weighted by atomic mass is 16.5. The fourth-order valence-corrected chi connectivity index (χ4v) is 2.59. The number of para-hydroxylation sites is 2. The van der Waals surface area contributed by atoms with E-state index in [9.17, 15) is 0 Å². The maximum Gasteiger partial charge on any atom is 0.298 e. The molecule has 0 radical (unpaired) electrons. The lowest BCUT2D eigenvalue weighted by Gasteiger charge is -2.15. The number of nitrogens with one attached hydrogen (secondary N) is 1. The van der Waals surface area contributed by atoms with Gasteiger partial charge in [0.15, 0.2) is 5.58 Å². The number of aromatic nitrogens is 2. The van der Waals surface area contributed by atoms with Crippen molar-refractivity contribution in [1.29, 1.82) is 0 Å². The molecule has 5 nitrogen and oxygen atoms in total. The molecule has 0 atom stereocenters. The molecule has 5 heteroatoms. The Morgan fingerprint density at radius 3 is 2.96 bits per heavy atom. The number of likely N-dealkylation sites (N-methyl/N-ethyl adjacent to an activating group) is 1. The minimum absolute atomic E-state index is 0.555. The van der Waals surface area contributed by atoms with E-state index < -0.39 is 0 Å². The molecule has 2 aromatic carbocycles. The van der Waals surface area contributed by atoms with Gasteiger partial charge in [-0.25, -0.2) is 0 Å². The molecule has 1 N–H and O–H groups in total. The zero-order chi connectivity index (χ0) is 15.6. The van der Waals surface area contributed by atoms with Gasteiger partial charge >= 0.3 is 0 Å². The summed E-state index contributed by atoms with van der Waals surface area (Å²) in [6.45, 7) is 1.24. The summed E-state index contributed by atoms with van der Waals surface area (Å²) in [7, 11) is 1.95. The SMILES string of the molecule is CN(CCOc1cccc2[nH]ccc12)c1nc2ccccc2o1. The van der Waals surface area contributed by atoms with Crippen LogP contribution in [0.25, 0.3) is 22.0 Å². The molecule has 0 aliphatic carbocycles. The van der Waals surface area contributed by atoms with Crippen molar-refractivity contribution in [1.82, 2.24) is 9.97 Å². The largest absolute Gasteiger partial charge is 0.491 e. The number of fused-ring (bicyclic) bond motifs is 2. The molecule has 0 saturated carbocycles. The van der Waals surface area contributed by atoms with E-state index in [0.29, 0.717) is 19.2 Å². The van der Waals surface area contributed by atoms with Crippen molar-refractivity contribution < 1.29 is 9.15 Å². The van der Waals surface area contributed by atoms with Gasteiger partial charge < -0.3 is 19.0 Å². The van der Waals surface area contributed by atoms with Crippen LogP contribution < -0.4 is 9.64 Å². The Kier molecular flexibility index (Phi) is 3.38. The van der Waals surface area contributed by atoms with Crippen molar-refractivity contribution in [3.05, 3.63) is 54.7 Å². The van der Waals surface area contributed by atoms with E-state index in [4.69, 9.17) is 9.15 Å². The third kappa shape index (κ3) is 2.61. The number of hydrogen-bond donors (Lipinski definition) is 1. The van der Waals surface area contributed by atoms with Gasteiger partial charge in [-0.15, -0.1) is 0 Å². The van der Waals surface area contributed by atoms with Crippen LogP contribution in [0.5, 0.6) is 5.75 Å². The number of hydrogen-bond acceptors (Lipinski definition) is 4. The van der Waals surface area contributed by atoms with E-state index in [1.165, 1.54) is 0 Å². The Morgan fingerprint density at radius 1 is 1.13 bits per heavy atom. The molecule has 4 rings (SSSR count). The number of nitrogens with zero attached hydrogens (tertiary/aromatic N) is 2. The highest BCUT2D eigenvalue weighted by Crippen LogP contribution is 2.25. The predicted octanol–water partition coefficient (Wildman–Crippen LogP) is 3.82. The van der Waals surface area contributed by atoms with Gasteiger partial charge in [0.2, 0.25) is 0 Å². The molecule has 23 heavy (non-hydrogen) atoms. The van der Waals surface area contributed by atoms with Gasteiger partial charge in [-0.1, -0.05) is 18.2 Å². The Bertz CT molecular complexity index is 908. The average molecular weight is 307 g/mol. The number of benzene rings is 2. The van der Waals surface area contributed by atoms with Gasteiger partial charge in [-0.3, -0.25) is 0 Å². The third-order valence-corrected chi connectivity index (χ3v) is 3.85. The molecule has 2 heterocycles. The minimum Gasteiger partial charge on any atom is -0.491 e. The quantitative estimate of drug-likeness (QED) is 0.609. The summed E-state index contributed by atoms with van der Waals surface area (Å²) in [4.78, 5) is 9.62. The first kappa shape index (κ1) is 13.7. The Balaban J connectivity index is 1.43. The Morgan fingerprint density at radius 2 is 2.04 bits per heavy atom. The molecule has 0 unspecified atom stereocenters. The second-order valence-corrected chi connectivity index (χ2v) is 5.43. The molecule has 116 valence electrons. The highest BCUT2D eigenvalue weighted by molar-refractivity contribution is 5.85. The van der Waals surface area contributed by atoms with Crippen molar-refractivity contribution in [2.24, 2.45) is 0 Å². The van der Waals surface area contributed by atoms with E-state index in [0.717, 1.165) is 27.8 Å². The lowest BCUT2D eigenvalue weighted by molar-refractivity contribution is 0.327. The second kappa shape index (κ2) is 5.68. The van der Waals surface area contributed by atoms with E-state index in [-0.39, 0.29) is 0 Å². The first-order valence-electron chi connectivity index (χ1n) is 7.57. The zero-order valence-corrected chi connectivity index (χ0v) is 12.8. The summed E-state index contributed by atoms with van der Waals surface area (Å²) in [6, 6.07) is 16.4. The second-order valence-electron chi connectivity index (χ2n) is 5.43. The van der Waals surface area contributed by atoms with Crippen molar-refractivity contribution >= 4 is 28.0 Å².